The quantitative estimate of drug-likeness (QED) is 0.390. The van der Waals surface area contributed by atoms with Crippen LogP contribution < -0.4 is 10.6 Å². The van der Waals surface area contributed by atoms with Gasteiger partial charge in [-0.2, -0.15) is 0 Å². The van der Waals surface area contributed by atoms with Gasteiger partial charge in [-0.15, -0.1) is 24.0 Å². The van der Waals surface area contributed by atoms with Crippen LogP contribution in [0.15, 0.2) is 46.0 Å². The number of hydrogen-bond donors (Lipinski definition) is 2. The minimum absolute atomic E-state index is 0. The molecule has 24 heavy (non-hydrogen) atoms. The Labute approximate surface area is 160 Å². The maximum Gasteiger partial charge on any atom is 0.226 e. The molecule has 1 atom stereocenters. The molecule has 1 heterocycles. The molecule has 1 aromatic carbocycles. The van der Waals surface area contributed by atoms with E-state index in [1.54, 1.807) is 13.4 Å². The summed E-state index contributed by atoms with van der Waals surface area (Å²) >= 11 is 0. The highest BCUT2D eigenvalue weighted by atomic mass is 127. The van der Waals surface area contributed by atoms with Crippen molar-refractivity contribution >= 4 is 29.9 Å². The number of hydrogen-bond acceptors (Lipinski definition) is 4. The fraction of sp³-hybridized carbons (Fsp3) is 0.412. The third kappa shape index (κ3) is 6.48. The number of nitrogens with one attached hydrogen (secondary N) is 2. The van der Waals surface area contributed by atoms with E-state index in [9.17, 15) is 0 Å². The van der Waals surface area contributed by atoms with E-state index in [0.29, 0.717) is 19.0 Å². The van der Waals surface area contributed by atoms with E-state index >= 15 is 0 Å². The molecule has 0 aliphatic carbocycles. The zero-order valence-corrected chi connectivity index (χ0v) is 16.6. The lowest BCUT2D eigenvalue weighted by Crippen LogP contribution is -2.43. The maximum atomic E-state index is 5.52. The van der Waals surface area contributed by atoms with Crippen LogP contribution in [0.4, 0.5) is 0 Å². The van der Waals surface area contributed by atoms with Crippen molar-refractivity contribution in [3.05, 3.63) is 42.3 Å². The Morgan fingerprint density at radius 3 is 2.75 bits per heavy atom. The Hall–Kier alpha value is -1.61. The van der Waals surface area contributed by atoms with Crippen molar-refractivity contribution in [1.29, 1.82) is 0 Å². The number of ether oxygens (including phenoxy) is 1. The molecule has 132 valence electrons. The predicted octanol–water partition coefficient (Wildman–Crippen LogP) is 3.05. The van der Waals surface area contributed by atoms with Crippen LogP contribution in [0.3, 0.4) is 0 Å². The second-order valence-corrected chi connectivity index (χ2v) is 5.21. The SMILES string of the molecule is CCNC(=NCc1coc(-c2ccccc2)n1)NC(C)COC.I. The van der Waals surface area contributed by atoms with Crippen molar-refractivity contribution in [2.24, 2.45) is 4.99 Å². The molecule has 0 radical (unpaired) electrons. The molecule has 0 fully saturated rings. The second-order valence-electron chi connectivity index (χ2n) is 5.21. The number of nitrogens with zero attached hydrogens (tertiary/aromatic N) is 2. The van der Waals surface area contributed by atoms with E-state index in [4.69, 9.17) is 9.15 Å². The van der Waals surface area contributed by atoms with Crippen molar-refractivity contribution in [2.75, 3.05) is 20.3 Å². The van der Waals surface area contributed by atoms with Gasteiger partial charge >= 0.3 is 0 Å². The Morgan fingerprint density at radius 2 is 2.08 bits per heavy atom. The highest BCUT2D eigenvalue weighted by Gasteiger charge is 2.07. The third-order valence-electron chi connectivity index (χ3n) is 3.12. The molecule has 1 unspecified atom stereocenters. The molecule has 2 aromatic rings. The number of rotatable bonds is 7. The summed E-state index contributed by atoms with van der Waals surface area (Å²) in [5, 5.41) is 6.49. The average molecular weight is 444 g/mol. The van der Waals surface area contributed by atoms with Gasteiger partial charge in [0.2, 0.25) is 5.89 Å². The van der Waals surface area contributed by atoms with Crippen molar-refractivity contribution in [1.82, 2.24) is 15.6 Å². The topological polar surface area (TPSA) is 71.7 Å². The van der Waals surface area contributed by atoms with Gasteiger partial charge in [0.25, 0.3) is 0 Å². The Balaban J connectivity index is 0.00000288. The average Bonchev–Trinajstić information content (AvgIpc) is 3.03. The van der Waals surface area contributed by atoms with E-state index in [-0.39, 0.29) is 30.0 Å². The molecule has 2 rings (SSSR count). The number of aromatic nitrogens is 1. The Bertz CT molecular complexity index is 616. The fourth-order valence-electron chi connectivity index (χ4n) is 2.10. The van der Waals surface area contributed by atoms with Gasteiger partial charge in [0.15, 0.2) is 5.96 Å². The van der Waals surface area contributed by atoms with E-state index in [2.05, 4.69) is 20.6 Å². The van der Waals surface area contributed by atoms with Crippen molar-refractivity contribution in [2.45, 2.75) is 26.4 Å². The van der Waals surface area contributed by atoms with Crippen LogP contribution in [0, 0.1) is 0 Å². The number of halogens is 1. The first kappa shape index (κ1) is 20.4. The summed E-state index contributed by atoms with van der Waals surface area (Å²) in [6.07, 6.45) is 1.65. The molecule has 1 aromatic heterocycles. The van der Waals surface area contributed by atoms with Crippen molar-refractivity contribution in [3.8, 4) is 11.5 Å². The summed E-state index contributed by atoms with van der Waals surface area (Å²) in [5.41, 5.74) is 1.75. The van der Waals surface area contributed by atoms with Gasteiger partial charge in [-0.3, -0.25) is 0 Å². The van der Waals surface area contributed by atoms with Crippen LogP contribution in [0.1, 0.15) is 19.5 Å². The summed E-state index contributed by atoms with van der Waals surface area (Å²) in [5.74, 6) is 1.35. The van der Waals surface area contributed by atoms with Crippen molar-refractivity contribution < 1.29 is 9.15 Å². The molecule has 0 aliphatic rings. The number of guanidine groups is 1. The van der Waals surface area contributed by atoms with Gasteiger partial charge < -0.3 is 19.8 Å². The van der Waals surface area contributed by atoms with E-state index in [1.165, 1.54) is 0 Å². The summed E-state index contributed by atoms with van der Waals surface area (Å²) < 4.78 is 10.6. The molecule has 0 aliphatic heterocycles. The van der Waals surface area contributed by atoms with E-state index < -0.39 is 0 Å². The Morgan fingerprint density at radius 1 is 1.33 bits per heavy atom. The van der Waals surface area contributed by atoms with Gasteiger partial charge in [0, 0.05) is 25.3 Å². The monoisotopic (exact) mass is 444 g/mol. The zero-order chi connectivity index (χ0) is 16.5. The lowest BCUT2D eigenvalue weighted by atomic mass is 10.2. The van der Waals surface area contributed by atoms with Crippen LogP contribution in [0.2, 0.25) is 0 Å². The van der Waals surface area contributed by atoms with Crippen LogP contribution >= 0.6 is 24.0 Å². The summed E-state index contributed by atoms with van der Waals surface area (Å²) in [4.78, 5) is 9.00. The molecular weight excluding hydrogens is 419 g/mol. The molecule has 0 saturated carbocycles. The van der Waals surface area contributed by atoms with Crippen LogP contribution in [-0.4, -0.2) is 37.2 Å². The normalized spacial score (nSPS) is 12.4. The largest absolute Gasteiger partial charge is 0.444 e. The lowest BCUT2D eigenvalue weighted by molar-refractivity contribution is 0.179. The van der Waals surface area contributed by atoms with E-state index in [0.717, 1.165) is 23.8 Å². The van der Waals surface area contributed by atoms with E-state index in [1.807, 2.05) is 44.2 Å². The minimum Gasteiger partial charge on any atom is -0.444 e. The molecule has 7 heteroatoms. The minimum atomic E-state index is 0. The Kier molecular flexibility index (Phi) is 9.39. The highest BCUT2D eigenvalue weighted by Crippen LogP contribution is 2.18. The van der Waals surface area contributed by atoms with Gasteiger partial charge in [0.05, 0.1) is 13.2 Å². The first-order valence-electron chi connectivity index (χ1n) is 7.76. The number of benzene rings is 1. The molecule has 0 spiro atoms. The molecule has 0 bridgehead atoms. The molecular formula is C17H25IN4O2. The number of oxazole rings is 1. The fourth-order valence-corrected chi connectivity index (χ4v) is 2.10. The van der Waals surface area contributed by atoms with Gasteiger partial charge in [-0.05, 0) is 26.0 Å². The van der Waals surface area contributed by atoms with Crippen LogP contribution in [-0.2, 0) is 11.3 Å². The number of methoxy groups -OCH3 is 1. The lowest BCUT2D eigenvalue weighted by Gasteiger charge is -2.16. The third-order valence-corrected chi connectivity index (χ3v) is 3.12. The summed E-state index contributed by atoms with van der Waals surface area (Å²) in [6, 6.07) is 10.00. The summed E-state index contributed by atoms with van der Waals surface area (Å²) in [6.45, 7) is 5.93. The number of aliphatic imine (C=N–C) groups is 1. The zero-order valence-electron chi connectivity index (χ0n) is 14.3. The molecule has 6 nitrogen and oxygen atoms in total. The molecule has 0 amide bonds. The molecule has 2 N–H and O–H groups in total. The highest BCUT2D eigenvalue weighted by molar-refractivity contribution is 14.0. The first-order chi connectivity index (χ1) is 11.2. The first-order valence-corrected chi connectivity index (χ1v) is 7.76. The predicted molar refractivity (Wildman–Crippen MR) is 107 cm³/mol. The summed E-state index contributed by atoms with van der Waals surface area (Å²) in [7, 11) is 1.68. The maximum absolute atomic E-state index is 5.52. The van der Waals surface area contributed by atoms with Crippen LogP contribution in [0.25, 0.3) is 11.5 Å². The smallest absolute Gasteiger partial charge is 0.226 e. The second kappa shape index (κ2) is 11.0. The van der Waals surface area contributed by atoms with Gasteiger partial charge in [-0.1, -0.05) is 18.2 Å². The standard InChI is InChI=1S/C17H24N4O2.HI/c1-4-18-17(20-13(2)11-22-3)19-10-15-12-23-16(21-15)14-8-6-5-7-9-14;/h5-9,12-13H,4,10-11H2,1-3H3,(H2,18,19,20);1H. The van der Waals surface area contributed by atoms with Crippen molar-refractivity contribution in [3.63, 3.8) is 0 Å². The molecule has 0 saturated heterocycles. The van der Waals surface area contributed by atoms with Crippen LogP contribution in [0.5, 0.6) is 0 Å². The van der Waals surface area contributed by atoms with Gasteiger partial charge in [0.1, 0.15) is 12.0 Å². The van der Waals surface area contributed by atoms with Gasteiger partial charge in [-0.25, -0.2) is 9.98 Å².